The van der Waals surface area contributed by atoms with E-state index in [0.717, 1.165) is 24.5 Å². The van der Waals surface area contributed by atoms with Gasteiger partial charge in [0.25, 0.3) is 0 Å². The van der Waals surface area contributed by atoms with E-state index in [0.29, 0.717) is 19.1 Å². The van der Waals surface area contributed by atoms with Crippen molar-refractivity contribution in [3.8, 4) is 5.75 Å². The number of aromatic nitrogens is 1. The Morgan fingerprint density at radius 3 is 2.70 bits per heavy atom. The Balaban J connectivity index is 1.60. The van der Waals surface area contributed by atoms with E-state index in [9.17, 15) is 0 Å². The molecule has 1 aromatic carbocycles. The maximum Gasteiger partial charge on any atom is 0.145 e. The van der Waals surface area contributed by atoms with Gasteiger partial charge in [-0.05, 0) is 42.5 Å². The average Bonchev–Trinajstić information content (AvgIpc) is 3.47. The van der Waals surface area contributed by atoms with Crippen LogP contribution in [0.25, 0.3) is 5.57 Å². The van der Waals surface area contributed by atoms with Gasteiger partial charge < -0.3 is 9.47 Å². The molecule has 0 radical (unpaired) electrons. The third-order valence-corrected chi connectivity index (χ3v) is 4.38. The van der Waals surface area contributed by atoms with E-state index in [2.05, 4.69) is 30.3 Å². The number of ether oxygens (including phenoxy) is 2. The molecule has 0 atom stereocenters. The van der Waals surface area contributed by atoms with Crippen molar-refractivity contribution < 1.29 is 9.47 Å². The second-order valence-electron chi connectivity index (χ2n) is 6.19. The number of nitrogens with zero attached hydrogens (tertiary/aromatic N) is 1. The Kier molecular flexibility index (Phi) is 4.12. The molecule has 1 aromatic heterocycles. The highest BCUT2D eigenvalue weighted by molar-refractivity contribution is 5.68. The van der Waals surface area contributed by atoms with Gasteiger partial charge in [0.15, 0.2) is 0 Å². The van der Waals surface area contributed by atoms with Crippen molar-refractivity contribution >= 4 is 5.57 Å². The highest BCUT2D eigenvalue weighted by Gasteiger charge is 2.26. The third-order valence-electron chi connectivity index (χ3n) is 4.38. The van der Waals surface area contributed by atoms with Crippen LogP contribution in [-0.4, -0.2) is 18.2 Å². The molecule has 1 aliphatic carbocycles. The van der Waals surface area contributed by atoms with Gasteiger partial charge in [0.2, 0.25) is 0 Å². The predicted octanol–water partition coefficient (Wildman–Crippen LogP) is 4.34. The topological polar surface area (TPSA) is 31.4 Å². The van der Waals surface area contributed by atoms with Crippen molar-refractivity contribution in [1.82, 2.24) is 4.98 Å². The molecule has 23 heavy (non-hydrogen) atoms. The van der Waals surface area contributed by atoms with Gasteiger partial charge in [0, 0.05) is 11.6 Å². The molecule has 4 rings (SSSR count). The molecular formula is C20H21NO2. The Morgan fingerprint density at radius 1 is 1.09 bits per heavy atom. The van der Waals surface area contributed by atoms with Crippen LogP contribution in [-0.2, 0) is 11.3 Å². The Bertz CT molecular complexity index is 705. The molecule has 2 aliphatic rings. The van der Waals surface area contributed by atoms with Crippen LogP contribution in [0.4, 0.5) is 0 Å². The number of rotatable bonds is 5. The third kappa shape index (κ3) is 3.45. The van der Waals surface area contributed by atoms with Gasteiger partial charge in [0.05, 0.1) is 13.2 Å². The van der Waals surface area contributed by atoms with Crippen LogP contribution >= 0.6 is 0 Å². The summed E-state index contributed by atoms with van der Waals surface area (Å²) in [5.74, 6) is 1.53. The van der Waals surface area contributed by atoms with E-state index in [1.54, 1.807) is 0 Å². The highest BCUT2D eigenvalue weighted by Crippen LogP contribution is 2.41. The molecule has 0 saturated heterocycles. The lowest BCUT2D eigenvalue weighted by atomic mass is 10.0. The van der Waals surface area contributed by atoms with E-state index in [1.165, 1.54) is 29.7 Å². The number of pyridine rings is 1. The normalized spacial score (nSPS) is 17.7. The summed E-state index contributed by atoms with van der Waals surface area (Å²) in [6.45, 7) is 2.00. The molecule has 0 N–H and O–H groups in total. The molecule has 3 heteroatoms. The van der Waals surface area contributed by atoms with E-state index in [-0.39, 0.29) is 0 Å². The summed E-state index contributed by atoms with van der Waals surface area (Å²) < 4.78 is 11.5. The smallest absolute Gasteiger partial charge is 0.145 e. The fourth-order valence-corrected chi connectivity index (χ4v) is 2.89. The molecule has 1 aliphatic heterocycles. The summed E-state index contributed by atoms with van der Waals surface area (Å²) in [4.78, 5) is 4.92. The predicted molar refractivity (Wildman–Crippen MR) is 90.4 cm³/mol. The standard InChI is InChI=1S/C20H21NO2/c1-2-4-15(5-3-1)14-23-19-9-8-18(16-6-7-16)21-20(19)17-10-12-22-13-11-17/h1-5,8-10,16H,6-7,11-14H2. The van der Waals surface area contributed by atoms with Crippen LogP contribution < -0.4 is 4.74 Å². The molecule has 0 spiro atoms. The second-order valence-corrected chi connectivity index (χ2v) is 6.19. The molecule has 1 saturated carbocycles. The minimum Gasteiger partial charge on any atom is -0.487 e. The second kappa shape index (κ2) is 6.55. The minimum absolute atomic E-state index is 0.572. The van der Waals surface area contributed by atoms with Gasteiger partial charge in [0.1, 0.15) is 18.1 Å². The van der Waals surface area contributed by atoms with Crippen molar-refractivity contribution in [2.45, 2.75) is 31.8 Å². The largest absolute Gasteiger partial charge is 0.487 e. The first-order chi connectivity index (χ1) is 11.4. The lowest BCUT2D eigenvalue weighted by molar-refractivity contribution is 0.161. The average molecular weight is 307 g/mol. The van der Waals surface area contributed by atoms with Gasteiger partial charge in [-0.15, -0.1) is 0 Å². The zero-order valence-corrected chi connectivity index (χ0v) is 13.2. The molecule has 118 valence electrons. The molecule has 2 heterocycles. The highest BCUT2D eigenvalue weighted by atomic mass is 16.5. The summed E-state index contributed by atoms with van der Waals surface area (Å²) in [6.07, 6.45) is 5.57. The SMILES string of the molecule is C1=C(c2nc(C3CC3)ccc2OCc2ccccc2)CCOC1. The van der Waals surface area contributed by atoms with Gasteiger partial charge >= 0.3 is 0 Å². The van der Waals surface area contributed by atoms with Crippen LogP contribution in [0, 0.1) is 0 Å². The fraction of sp³-hybridized carbons (Fsp3) is 0.350. The fourth-order valence-electron chi connectivity index (χ4n) is 2.89. The quantitative estimate of drug-likeness (QED) is 0.823. The van der Waals surface area contributed by atoms with Crippen molar-refractivity contribution in [3.05, 3.63) is 65.5 Å². The molecule has 0 amide bonds. The van der Waals surface area contributed by atoms with E-state index < -0.39 is 0 Å². The lowest BCUT2D eigenvalue weighted by Gasteiger charge is -2.17. The first-order valence-corrected chi connectivity index (χ1v) is 8.35. The Morgan fingerprint density at radius 2 is 1.96 bits per heavy atom. The van der Waals surface area contributed by atoms with Crippen molar-refractivity contribution in [3.63, 3.8) is 0 Å². The number of hydrogen-bond acceptors (Lipinski definition) is 3. The summed E-state index contributed by atoms with van der Waals surface area (Å²) in [7, 11) is 0. The van der Waals surface area contributed by atoms with E-state index in [4.69, 9.17) is 14.5 Å². The van der Waals surface area contributed by atoms with Crippen molar-refractivity contribution in [1.29, 1.82) is 0 Å². The minimum atomic E-state index is 0.572. The van der Waals surface area contributed by atoms with Gasteiger partial charge in [-0.1, -0.05) is 36.4 Å². The maximum atomic E-state index is 6.09. The molecule has 0 bridgehead atoms. The molecule has 1 fully saturated rings. The van der Waals surface area contributed by atoms with E-state index in [1.807, 2.05) is 18.2 Å². The van der Waals surface area contributed by atoms with E-state index >= 15 is 0 Å². The molecule has 0 unspecified atom stereocenters. The van der Waals surface area contributed by atoms with Crippen molar-refractivity contribution in [2.75, 3.05) is 13.2 Å². The number of benzene rings is 1. The molecular weight excluding hydrogens is 286 g/mol. The summed E-state index contributed by atoms with van der Waals surface area (Å²) in [5.41, 5.74) is 4.64. The summed E-state index contributed by atoms with van der Waals surface area (Å²) >= 11 is 0. The van der Waals surface area contributed by atoms with Crippen LogP contribution in [0.1, 0.15) is 42.1 Å². The monoisotopic (exact) mass is 307 g/mol. The van der Waals surface area contributed by atoms with Crippen molar-refractivity contribution in [2.24, 2.45) is 0 Å². The Hall–Kier alpha value is -2.13. The zero-order chi connectivity index (χ0) is 15.5. The first kappa shape index (κ1) is 14.5. The maximum absolute atomic E-state index is 6.09. The summed E-state index contributed by atoms with van der Waals surface area (Å²) in [6, 6.07) is 14.5. The zero-order valence-electron chi connectivity index (χ0n) is 13.2. The van der Waals surface area contributed by atoms with Gasteiger partial charge in [-0.2, -0.15) is 0 Å². The molecule has 2 aromatic rings. The first-order valence-electron chi connectivity index (χ1n) is 8.35. The van der Waals surface area contributed by atoms with Crippen LogP contribution in [0.3, 0.4) is 0 Å². The van der Waals surface area contributed by atoms with Crippen LogP contribution in [0.15, 0.2) is 48.5 Å². The number of hydrogen-bond donors (Lipinski definition) is 0. The van der Waals surface area contributed by atoms with Crippen LogP contribution in [0.2, 0.25) is 0 Å². The van der Waals surface area contributed by atoms with Gasteiger partial charge in [-0.25, -0.2) is 4.98 Å². The lowest BCUT2D eigenvalue weighted by Crippen LogP contribution is -2.08. The van der Waals surface area contributed by atoms with Crippen LogP contribution in [0.5, 0.6) is 5.75 Å². The summed E-state index contributed by atoms with van der Waals surface area (Å²) in [5, 5.41) is 0. The Labute approximate surface area is 137 Å². The van der Waals surface area contributed by atoms with Gasteiger partial charge in [-0.3, -0.25) is 0 Å². The molecule has 3 nitrogen and oxygen atoms in total.